The molecule has 116 valence electrons. The first kappa shape index (κ1) is 14.7. The van der Waals surface area contributed by atoms with Gasteiger partial charge in [-0.25, -0.2) is 5.01 Å². The van der Waals surface area contributed by atoms with Crippen molar-refractivity contribution in [3.8, 4) is 0 Å². The highest BCUT2D eigenvalue weighted by molar-refractivity contribution is 6.21. The van der Waals surface area contributed by atoms with Crippen molar-refractivity contribution >= 4 is 17.7 Å². The van der Waals surface area contributed by atoms with Crippen LogP contribution in [0.4, 0.5) is 0 Å². The van der Waals surface area contributed by atoms with Crippen molar-refractivity contribution in [2.45, 2.75) is 0 Å². The molecular formula is C15H18N4O3. The number of fused-ring (bicyclic) bond motifs is 1. The third kappa shape index (κ3) is 2.49. The van der Waals surface area contributed by atoms with Gasteiger partial charge in [0.15, 0.2) is 0 Å². The first-order valence-electron chi connectivity index (χ1n) is 7.18. The molecule has 2 heterocycles. The maximum atomic E-state index is 12.3. The molecule has 3 rings (SSSR count). The first-order valence-corrected chi connectivity index (χ1v) is 7.18. The Hall–Kier alpha value is -2.25. The van der Waals surface area contributed by atoms with Gasteiger partial charge in [0.1, 0.15) is 0 Å². The maximum absolute atomic E-state index is 12.3. The summed E-state index contributed by atoms with van der Waals surface area (Å²) in [5, 5.41) is 1.87. The molecule has 0 spiro atoms. The minimum absolute atomic E-state index is 0.262. The Morgan fingerprint density at radius 3 is 2.32 bits per heavy atom. The lowest BCUT2D eigenvalue weighted by Crippen LogP contribution is -2.52. The van der Waals surface area contributed by atoms with E-state index in [0.29, 0.717) is 16.7 Å². The third-order valence-electron chi connectivity index (χ3n) is 4.11. The Labute approximate surface area is 128 Å². The van der Waals surface area contributed by atoms with Gasteiger partial charge < -0.3 is 4.90 Å². The number of carbonyl (C=O) groups is 3. The van der Waals surface area contributed by atoms with Crippen LogP contribution in [0.25, 0.3) is 0 Å². The molecular weight excluding hydrogens is 284 g/mol. The Kier molecular flexibility index (Phi) is 3.67. The van der Waals surface area contributed by atoms with Crippen LogP contribution in [0.3, 0.4) is 0 Å². The van der Waals surface area contributed by atoms with Crippen molar-refractivity contribution < 1.29 is 14.4 Å². The monoisotopic (exact) mass is 302 g/mol. The second kappa shape index (κ2) is 5.51. The predicted octanol–water partition coefficient (Wildman–Crippen LogP) is -0.195. The molecule has 1 aromatic carbocycles. The lowest BCUT2D eigenvalue weighted by Gasteiger charge is -2.32. The van der Waals surface area contributed by atoms with Crippen molar-refractivity contribution in [2.24, 2.45) is 0 Å². The molecule has 0 unspecified atom stereocenters. The normalized spacial score (nSPS) is 19.5. The number of amides is 3. The van der Waals surface area contributed by atoms with Crippen LogP contribution in [0.2, 0.25) is 0 Å². The Bertz CT molecular complexity index is 650. The number of imide groups is 1. The van der Waals surface area contributed by atoms with Gasteiger partial charge in [-0.05, 0) is 25.2 Å². The highest BCUT2D eigenvalue weighted by atomic mass is 16.2. The number of rotatable bonds is 2. The van der Waals surface area contributed by atoms with E-state index in [2.05, 4.69) is 10.3 Å². The van der Waals surface area contributed by atoms with Crippen LogP contribution in [0.15, 0.2) is 18.2 Å². The second-order valence-electron chi connectivity index (χ2n) is 5.66. The summed E-state index contributed by atoms with van der Waals surface area (Å²) in [6.45, 7) is 3.30. The van der Waals surface area contributed by atoms with Gasteiger partial charge in [-0.2, -0.15) is 0 Å². The average molecular weight is 302 g/mol. The Morgan fingerprint density at radius 2 is 1.64 bits per heavy atom. The van der Waals surface area contributed by atoms with E-state index in [-0.39, 0.29) is 17.7 Å². The zero-order valence-corrected chi connectivity index (χ0v) is 12.6. The van der Waals surface area contributed by atoms with Crippen LogP contribution in [0.5, 0.6) is 0 Å². The van der Waals surface area contributed by atoms with Gasteiger partial charge in [0.05, 0.1) is 11.1 Å². The number of likely N-dealkylation sites (N-methyl/N-ethyl adjacent to an activating group) is 1. The van der Waals surface area contributed by atoms with E-state index in [0.717, 1.165) is 31.1 Å². The molecule has 7 nitrogen and oxygen atoms in total. The lowest BCUT2D eigenvalue weighted by molar-refractivity contribution is 0.0661. The highest BCUT2D eigenvalue weighted by Crippen LogP contribution is 2.22. The Balaban J connectivity index is 1.75. The summed E-state index contributed by atoms with van der Waals surface area (Å²) in [7, 11) is 3.48. The van der Waals surface area contributed by atoms with E-state index in [1.165, 1.54) is 19.2 Å². The van der Waals surface area contributed by atoms with E-state index in [4.69, 9.17) is 0 Å². The van der Waals surface area contributed by atoms with Crippen LogP contribution in [0.1, 0.15) is 31.1 Å². The molecule has 0 aromatic heterocycles. The van der Waals surface area contributed by atoms with Gasteiger partial charge in [-0.1, -0.05) is 0 Å². The molecule has 1 N–H and O–H groups in total. The van der Waals surface area contributed by atoms with Crippen molar-refractivity contribution in [3.63, 3.8) is 0 Å². The minimum Gasteiger partial charge on any atom is -0.304 e. The summed E-state index contributed by atoms with van der Waals surface area (Å²) < 4.78 is 0. The molecule has 1 aromatic rings. The fourth-order valence-corrected chi connectivity index (χ4v) is 2.63. The van der Waals surface area contributed by atoms with Crippen LogP contribution in [0, 0.1) is 0 Å². The van der Waals surface area contributed by atoms with Crippen molar-refractivity contribution in [3.05, 3.63) is 34.9 Å². The number of hydrogen-bond acceptors (Lipinski definition) is 5. The highest BCUT2D eigenvalue weighted by Gasteiger charge is 2.33. The van der Waals surface area contributed by atoms with E-state index in [1.807, 2.05) is 12.1 Å². The summed E-state index contributed by atoms with van der Waals surface area (Å²) >= 11 is 0. The molecule has 1 saturated heterocycles. The van der Waals surface area contributed by atoms with Gasteiger partial charge in [0.25, 0.3) is 17.7 Å². The summed E-state index contributed by atoms with van der Waals surface area (Å²) in [6.07, 6.45) is 0. The third-order valence-corrected chi connectivity index (χ3v) is 4.11. The van der Waals surface area contributed by atoms with Gasteiger partial charge in [-0.15, -0.1) is 0 Å². The summed E-state index contributed by atoms with van der Waals surface area (Å²) in [5.74, 6) is -0.956. The standard InChI is InChI=1S/C15H18N4O3/c1-17-5-7-19(8-6-17)16-13(20)10-3-4-11-12(9-10)15(22)18(2)14(11)21/h3-4,9H,5-8H2,1-2H3,(H,16,20). The van der Waals surface area contributed by atoms with Crippen LogP contribution in [-0.4, -0.2) is 72.8 Å². The molecule has 0 radical (unpaired) electrons. The predicted molar refractivity (Wildman–Crippen MR) is 79.4 cm³/mol. The number of hydrazine groups is 1. The minimum atomic E-state index is -0.366. The zero-order chi connectivity index (χ0) is 15.9. The molecule has 2 aliphatic rings. The van der Waals surface area contributed by atoms with Crippen molar-refractivity contribution in [1.82, 2.24) is 20.2 Å². The smallest absolute Gasteiger partial charge is 0.265 e. The average Bonchev–Trinajstić information content (AvgIpc) is 2.74. The van der Waals surface area contributed by atoms with E-state index >= 15 is 0 Å². The summed E-state index contributed by atoms with van der Waals surface area (Å²) in [6, 6.07) is 4.61. The van der Waals surface area contributed by atoms with E-state index < -0.39 is 0 Å². The van der Waals surface area contributed by atoms with Crippen LogP contribution < -0.4 is 5.43 Å². The van der Waals surface area contributed by atoms with Crippen molar-refractivity contribution in [2.75, 3.05) is 40.3 Å². The zero-order valence-electron chi connectivity index (χ0n) is 12.6. The SMILES string of the molecule is CN1CCN(NC(=O)c2ccc3c(c2)C(=O)N(C)C3=O)CC1. The summed E-state index contributed by atoms with van der Waals surface area (Å²) in [5.41, 5.74) is 3.87. The number of hydrogen-bond donors (Lipinski definition) is 1. The number of piperazine rings is 1. The maximum Gasteiger partial charge on any atom is 0.265 e. The van der Waals surface area contributed by atoms with Gasteiger partial charge in [0, 0.05) is 38.8 Å². The van der Waals surface area contributed by atoms with Gasteiger partial charge >= 0.3 is 0 Å². The largest absolute Gasteiger partial charge is 0.304 e. The number of nitrogens with zero attached hydrogens (tertiary/aromatic N) is 3. The molecule has 0 saturated carbocycles. The van der Waals surface area contributed by atoms with E-state index in [1.54, 1.807) is 6.07 Å². The first-order chi connectivity index (χ1) is 10.5. The fraction of sp³-hybridized carbons (Fsp3) is 0.400. The molecule has 0 bridgehead atoms. The topological polar surface area (TPSA) is 73.0 Å². The molecule has 1 fully saturated rings. The number of nitrogens with one attached hydrogen (secondary N) is 1. The molecule has 0 atom stereocenters. The summed E-state index contributed by atoms with van der Waals surface area (Å²) in [4.78, 5) is 39.3. The lowest BCUT2D eigenvalue weighted by atomic mass is 10.1. The van der Waals surface area contributed by atoms with Crippen LogP contribution in [-0.2, 0) is 0 Å². The van der Waals surface area contributed by atoms with Gasteiger partial charge in [-0.3, -0.25) is 24.7 Å². The molecule has 3 amide bonds. The quantitative estimate of drug-likeness (QED) is 0.766. The molecule has 7 heteroatoms. The van der Waals surface area contributed by atoms with E-state index in [9.17, 15) is 14.4 Å². The van der Waals surface area contributed by atoms with Gasteiger partial charge in [0.2, 0.25) is 0 Å². The number of benzene rings is 1. The number of carbonyl (C=O) groups excluding carboxylic acids is 3. The van der Waals surface area contributed by atoms with Crippen molar-refractivity contribution in [1.29, 1.82) is 0 Å². The fourth-order valence-electron chi connectivity index (χ4n) is 2.63. The molecule has 0 aliphatic carbocycles. The molecule has 22 heavy (non-hydrogen) atoms. The second-order valence-corrected chi connectivity index (χ2v) is 5.66. The van der Waals surface area contributed by atoms with Crippen LogP contribution >= 0.6 is 0 Å². The molecule has 2 aliphatic heterocycles. The Morgan fingerprint density at radius 1 is 1.00 bits per heavy atom.